The molecular formula is C11H11FN2O2. The molecule has 0 radical (unpaired) electrons. The van der Waals surface area contributed by atoms with Gasteiger partial charge in [-0.3, -0.25) is 9.48 Å². The van der Waals surface area contributed by atoms with Crippen molar-refractivity contribution in [3.8, 4) is 0 Å². The highest BCUT2D eigenvalue weighted by Crippen LogP contribution is 2.20. The quantitative estimate of drug-likeness (QED) is 0.860. The van der Waals surface area contributed by atoms with E-state index in [1.807, 2.05) is 0 Å². The van der Waals surface area contributed by atoms with Gasteiger partial charge in [-0.1, -0.05) is 0 Å². The highest BCUT2D eigenvalue weighted by Gasteiger charge is 2.10. The minimum Gasteiger partial charge on any atom is -0.481 e. The van der Waals surface area contributed by atoms with Crippen molar-refractivity contribution in [2.75, 3.05) is 0 Å². The Morgan fingerprint density at radius 2 is 2.31 bits per heavy atom. The van der Waals surface area contributed by atoms with Crippen LogP contribution < -0.4 is 0 Å². The number of fused-ring (bicyclic) bond motifs is 1. The second-order valence-electron chi connectivity index (χ2n) is 3.63. The number of hydrogen-bond acceptors (Lipinski definition) is 2. The van der Waals surface area contributed by atoms with Crippen LogP contribution in [0.2, 0.25) is 0 Å². The minimum absolute atomic E-state index is 0.0190. The first-order chi connectivity index (χ1) is 7.58. The fourth-order valence-corrected chi connectivity index (χ4v) is 1.74. The van der Waals surface area contributed by atoms with Gasteiger partial charge in [0.25, 0.3) is 0 Å². The molecule has 4 nitrogen and oxygen atoms in total. The molecule has 0 spiro atoms. The Balaban J connectivity index is 2.45. The number of aromatic nitrogens is 2. The molecule has 0 saturated carbocycles. The average Bonchev–Trinajstić information content (AvgIpc) is 2.51. The summed E-state index contributed by atoms with van der Waals surface area (Å²) < 4.78 is 14.7. The molecule has 1 aromatic heterocycles. The summed E-state index contributed by atoms with van der Waals surface area (Å²) in [6, 6.07) is 4.32. The third-order valence-corrected chi connectivity index (χ3v) is 2.49. The third kappa shape index (κ3) is 1.88. The molecule has 2 rings (SSSR count). The lowest BCUT2D eigenvalue weighted by Crippen LogP contribution is -2.03. The summed E-state index contributed by atoms with van der Waals surface area (Å²) in [6.45, 7) is 0. The van der Waals surface area contributed by atoms with Gasteiger partial charge in [0, 0.05) is 24.5 Å². The topological polar surface area (TPSA) is 55.1 Å². The Labute approximate surface area is 91.3 Å². The Morgan fingerprint density at radius 1 is 1.56 bits per heavy atom. The van der Waals surface area contributed by atoms with Crippen molar-refractivity contribution in [3.63, 3.8) is 0 Å². The van der Waals surface area contributed by atoms with Crippen molar-refractivity contribution < 1.29 is 14.3 Å². The van der Waals surface area contributed by atoms with Crippen LogP contribution in [-0.4, -0.2) is 20.9 Å². The van der Waals surface area contributed by atoms with E-state index in [0.717, 1.165) is 5.69 Å². The van der Waals surface area contributed by atoms with Crippen molar-refractivity contribution in [3.05, 3.63) is 29.7 Å². The molecule has 0 atom stereocenters. The molecule has 1 aromatic carbocycles. The van der Waals surface area contributed by atoms with Gasteiger partial charge in [-0.25, -0.2) is 4.39 Å². The normalized spacial score (nSPS) is 10.9. The molecule has 1 N–H and O–H groups in total. The first kappa shape index (κ1) is 10.6. The van der Waals surface area contributed by atoms with Crippen LogP contribution in [0.4, 0.5) is 4.39 Å². The zero-order chi connectivity index (χ0) is 11.7. The Hall–Kier alpha value is -1.91. The van der Waals surface area contributed by atoms with Crippen molar-refractivity contribution in [1.82, 2.24) is 9.78 Å². The zero-order valence-corrected chi connectivity index (χ0v) is 8.77. The Bertz CT molecular complexity index is 548. The van der Waals surface area contributed by atoms with E-state index >= 15 is 0 Å². The number of rotatable bonds is 3. The number of carboxylic acids is 1. The predicted octanol–water partition coefficient (Wildman–Crippen LogP) is 1.73. The third-order valence-electron chi connectivity index (χ3n) is 2.49. The maximum absolute atomic E-state index is 13.1. The highest BCUT2D eigenvalue weighted by molar-refractivity contribution is 5.82. The predicted molar refractivity (Wildman–Crippen MR) is 56.6 cm³/mol. The highest BCUT2D eigenvalue weighted by atomic mass is 19.1. The summed E-state index contributed by atoms with van der Waals surface area (Å²) in [6.07, 6.45) is 0.372. The first-order valence-electron chi connectivity index (χ1n) is 4.91. The summed E-state index contributed by atoms with van der Waals surface area (Å²) in [5.41, 5.74) is 1.43. The van der Waals surface area contributed by atoms with Crippen molar-refractivity contribution >= 4 is 16.9 Å². The van der Waals surface area contributed by atoms with Crippen LogP contribution in [0.15, 0.2) is 18.2 Å². The van der Waals surface area contributed by atoms with E-state index in [2.05, 4.69) is 5.10 Å². The van der Waals surface area contributed by atoms with Crippen molar-refractivity contribution in [2.45, 2.75) is 12.8 Å². The summed E-state index contributed by atoms with van der Waals surface area (Å²) in [7, 11) is 1.73. The lowest BCUT2D eigenvalue weighted by molar-refractivity contribution is -0.136. The first-order valence-corrected chi connectivity index (χ1v) is 4.91. The Kier molecular flexibility index (Phi) is 2.60. The number of halogens is 1. The molecule has 0 aliphatic carbocycles. The van der Waals surface area contributed by atoms with Crippen molar-refractivity contribution in [1.29, 1.82) is 0 Å². The molecule has 0 saturated heterocycles. The maximum Gasteiger partial charge on any atom is 0.303 e. The van der Waals surface area contributed by atoms with E-state index < -0.39 is 5.97 Å². The van der Waals surface area contributed by atoms with Gasteiger partial charge in [-0.2, -0.15) is 5.10 Å². The van der Waals surface area contributed by atoms with Crippen LogP contribution in [0.1, 0.15) is 12.1 Å². The second-order valence-corrected chi connectivity index (χ2v) is 3.63. The summed E-state index contributed by atoms with van der Waals surface area (Å²) >= 11 is 0. The summed E-state index contributed by atoms with van der Waals surface area (Å²) in [4.78, 5) is 10.5. The molecule has 5 heteroatoms. The second kappa shape index (κ2) is 3.92. The molecule has 16 heavy (non-hydrogen) atoms. The lowest BCUT2D eigenvalue weighted by atomic mass is 10.1. The van der Waals surface area contributed by atoms with E-state index in [-0.39, 0.29) is 12.2 Å². The van der Waals surface area contributed by atoms with E-state index in [1.165, 1.54) is 12.1 Å². The molecule has 0 aliphatic rings. The van der Waals surface area contributed by atoms with E-state index in [4.69, 9.17) is 5.11 Å². The number of benzene rings is 1. The summed E-state index contributed by atoms with van der Waals surface area (Å²) in [5, 5.41) is 13.5. The van der Waals surface area contributed by atoms with Gasteiger partial charge in [0.15, 0.2) is 0 Å². The van der Waals surface area contributed by atoms with Crippen LogP contribution in [-0.2, 0) is 18.3 Å². The SMILES string of the molecule is Cn1nc2ccc(F)cc2c1CCC(=O)O. The van der Waals surface area contributed by atoms with Crippen LogP contribution >= 0.6 is 0 Å². The van der Waals surface area contributed by atoms with Gasteiger partial charge in [0.2, 0.25) is 0 Å². The largest absolute Gasteiger partial charge is 0.481 e. The molecule has 0 unspecified atom stereocenters. The number of aryl methyl sites for hydroxylation is 2. The standard InChI is InChI=1S/C11H11FN2O2/c1-14-10(4-5-11(15)16)8-6-7(12)2-3-9(8)13-14/h2-3,6H,4-5H2,1H3,(H,15,16). The summed E-state index contributed by atoms with van der Waals surface area (Å²) in [5.74, 6) is -1.21. The van der Waals surface area contributed by atoms with E-state index in [1.54, 1.807) is 17.8 Å². The number of hydrogen-bond donors (Lipinski definition) is 1. The van der Waals surface area contributed by atoms with Gasteiger partial charge < -0.3 is 5.11 Å². The molecule has 0 amide bonds. The number of carboxylic acid groups (broad SMARTS) is 1. The smallest absolute Gasteiger partial charge is 0.303 e. The number of nitrogens with zero attached hydrogens (tertiary/aromatic N) is 2. The fraction of sp³-hybridized carbons (Fsp3) is 0.273. The van der Waals surface area contributed by atoms with Gasteiger partial charge >= 0.3 is 5.97 Å². The Morgan fingerprint density at radius 3 is 3.00 bits per heavy atom. The molecule has 0 fully saturated rings. The molecule has 0 bridgehead atoms. The molecule has 1 heterocycles. The van der Waals surface area contributed by atoms with Crippen LogP contribution in [0.5, 0.6) is 0 Å². The van der Waals surface area contributed by atoms with Gasteiger partial charge in [0.1, 0.15) is 5.82 Å². The lowest BCUT2D eigenvalue weighted by Gasteiger charge is -1.99. The van der Waals surface area contributed by atoms with Crippen LogP contribution in [0.3, 0.4) is 0 Å². The molecule has 0 aliphatic heterocycles. The van der Waals surface area contributed by atoms with E-state index in [0.29, 0.717) is 17.3 Å². The molecule has 2 aromatic rings. The van der Waals surface area contributed by atoms with Gasteiger partial charge in [-0.05, 0) is 18.2 Å². The van der Waals surface area contributed by atoms with E-state index in [9.17, 15) is 9.18 Å². The zero-order valence-electron chi connectivity index (χ0n) is 8.77. The monoisotopic (exact) mass is 222 g/mol. The number of carbonyl (C=O) groups is 1. The van der Waals surface area contributed by atoms with Gasteiger partial charge in [-0.15, -0.1) is 0 Å². The molecule has 84 valence electrons. The maximum atomic E-state index is 13.1. The fourth-order valence-electron chi connectivity index (χ4n) is 1.74. The van der Waals surface area contributed by atoms with Crippen LogP contribution in [0, 0.1) is 5.82 Å². The minimum atomic E-state index is -0.870. The van der Waals surface area contributed by atoms with Crippen LogP contribution in [0.25, 0.3) is 10.9 Å². The molecular weight excluding hydrogens is 211 g/mol. The van der Waals surface area contributed by atoms with Gasteiger partial charge in [0.05, 0.1) is 11.9 Å². The average molecular weight is 222 g/mol. The number of aliphatic carboxylic acids is 1. The van der Waals surface area contributed by atoms with Crippen molar-refractivity contribution in [2.24, 2.45) is 7.05 Å².